The third-order valence-electron chi connectivity index (χ3n) is 2.27. The van der Waals surface area contributed by atoms with Gasteiger partial charge in [-0.1, -0.05) is 30.3 Å². The number of benzene rings is 1. The average Bonchev–Trinajstić information content (AvgIpc) is 2.28. The molecule has 15 heavy (non-hydrogen) atoms. The molecule has 1 heterocycles. The molecule has 0 amide bonds. The molecule has 3 nitrogen and oxygen atoms in total. The summed E-state index contributed by atoms with van der Waals surface area (Å²) in [6.07, 6.45) is 3.48. The van der Waals surface area contributed by atoms with Gasteiger partial charge in [-0.15, -0.1) is 0 Å². The Morgan fingerprint density at radius 3 is 2.53 bits per heavy atom. The highest BCUT2D eigenvalue weighted by molar-refractivity contribution is 5.17. The van der Waals surface area contributed by atoms with E-state index in [-0.39, 0.29) is 5.56 Å². The fraction of sp³-hybridized carbons (Fsp3) is 0.167. The smallest absolute Gasteiger partial charge is 0.264 e. The number of hydrogen-bond donors (Lipinski definition) is 1. The molecule has 1 N–H and O–H groups in total. The molecule has 0 fully saturated rings. The molecule has 0 unspecified atom stereocenters. The molecule has 0 saturated carbocycles. The van der Waals surface area contributed by atoms with Crippen molar-refractivity contribution in [2.45, 2.75) is 12.8 Å². The Morgan fingerprint density at radius 2 is 1.80 bits per heavy atom. The third kappa shape index (κ3) is 2.77. The SMILES string of the molecule is O=c1cc(CCc2ccccc2)cn[nH]1. The van der Waals surface area contributed by atoms with E-state index in [1.807, 2.05) is 18.2 Å². The van der Waals surface area contributed by atoms with Crippen molar-refractivity contribution in [1.29, 1.82) is 0 Å². The number of aromatic nitrogens is 2. The molecule has 0 aliphatic carbocycles. The molecular weight excluding hydrogens is 188 g/mol. The molecule has 2 aromatic rings. The van der Waals surface area contributed by atoms with Crippen molar-refractivity contribution in [2.75, 3.05) is 0 Å². The Bertz CT molecular complexity index is 476. The van der Waals surface area contributed by atoms with Crippen LogP contribution in [0, 0.1) is 0 Å². The van der Waals surface area contributed by atoms with Crippen molar-refractivity contribution in [2.24, 2.45) is 0 Å². The van der Waals surface area contributed by atoms with Gasteiger partial charge in [0.15, 0.2) is 0 Å². The Labute approximate surface area is 87.8 Å². The first-order valence-electron chi connectivity index (χ1n) is 4.92. The lowest BCUT2D eigenvalue weighted by Gasteiger charge is -2.00. The fourth-order valence-electron chi connectivity index (χ4n) is 1.49. The summed E-state index contributed by atoms with van der Waals surface area (Å²) in [6.45, 7) is 0. The molecule has 76 valence electrons. The minimum Gasteiger partial charge on any atom is -0.268 e. The van der Waals surface area contributed by atoms with Gasteiger partial charge < -0.3 is 0 Å². The molecule has 0 radical (unpaired) electrons. The first-order valence-corrected chi connectivity index (χ1v) is 4.92. The molecule has 0 saturated heterocycles. The standard InChI is InChI=1S/C12H12N2O/c15-12-8-11(9-13-14-12)7-6-10-4-2-1-3-5-10/h1-5,8-9H,6-7H2,(H,14,15). The summed E-state index contributed by atoms with van der Waals surface area (Å²) < 4.78 is 0. The Kier molecular flexibility index (Phi) is 2.93. The van der Waals surface area contributed by atoms with Crippen molar-refractivity contribution in [3.05, 3.63) is 64.1 Å². The lowest BCUT2D eigenvalue weighted by atomic mass is 10.1. The van der Waals surface area contributed by atoms with Crippen LogP contribution in [-0.2, 0) is 12.8 Å². The molecular formula is C12H12N2O. The number of nitrogens with one attached hydrogen (secondary N) is 1. The zero-order valence-electron chi connectivity index (χ0n) is 8.31. The quantitative estimate of drug-likeness (QED) is 0.817. The van der Waals surface area contributed by atoms with E-state index in [0.29, 0.717) is 0 Å². The van der Waals surface area contributed by atoms with E-state index in [1.165, 1.54) is 5.56 Å². The maximum Gasteiger partial charge on any atom is 0.264 e. The normalized spacial score (nSPS) is 10.1. The zero-order chi connectivity index (χ0) is 10.5. The van der Waals surface area contributed by atoms with E-state index in [0.717, 1.165) is 18.4 Å². The summed E-state index contributed by atoms with van der Waals surface area (Å²) >= 11 is 0. The average molecular weight is 200 g/mol. The minimum atomic E-state index is -0.138. The van der Waals surface area contributed by atoms with E-state index in [2.05, 4.69) is 22.3 Å². The number of rotatable bonds is 3. The predicted octanol–water partition coefficient (Wildman–Crippen LogP) is 1.56. The van der Waals surface area contributed by atoms with Gasteiger partial charge in [0.2, 0.25) is 0 Å². The van der Waals surface area contributed by atoms with Crippen molar-refractivity contribution < 1.29 is 0 Å². The summed E-state index contributed by atoms with van der Waals surface area (Å²) in [5.41, 5.74) is 2.11. The zero-order valence-corrected chi connectivity index (χ0v) is 8.31. The van der Waals surface area contributed by atoms with E-state index < -0.39 is 0 Å². The minimum absolute atomic E-state index is 0.138. The molecule has 0 atom stereocenters. The second-order valence-corrected chi connectivity index (χ2v) is 3.44. The van der Waals surface area contributed by atoms with Gasteiger partial charge in [0, 0.05) is 6.07 Å². The first kappa shape index (κ1) is 9.65. The van der Waals surface area contributed by atoms with Gasteiger partial charge in [0.1, 0.15) is 0 Å². The fourth-order valence-corrected chi connectivity index (χ4v) is 1.49. The monoisotopic (exact) mass is 200 g/mol. The Hall–Kier alpha value is -1.90. The van der Waals surface area contributed by atoms with Gasteiger partial charge in [-0.3, -0.25) is 4.79 Å². The largest absolute Gasteiger partial charge is 0.268 e. The molecule has 0 bridgehead atoms. The molecule has 3 heteroatoms. The van der Waals surface area contributed by atoms with Crippen LogP contribution in [0.5, 0.6) is 0 Å². The number of aryl methyl sites for hydroxylation is 2. The molecule has 0 spiro atoms. The molecule has 0 aliphatic heterocycles. The third-order valence-corrected chi connectivity index (χ3v) is 2.27. The highest BCUT2D eigenvalue weighted by Gasteiger charge is 1.96. The van der Waals surface area contributed by atoms with Crippen molar-refractivity contribution in [3.63, 3.8) is 0 Å². The van der Waals surface area contributed by atoms with E-state index in [9.17, 15) is 4.79 Å². The van der Waals surface area contributed by atoms with Crippen LogP contribution in [0.2, 0.25) is 0 Å². The highest BCUT2D eigenvalue weighted by Crippen LogP contribution is 2.04. The highest BCUT2D eigenvalue weighted by atomic mass is 16.1. The van der Waals surface area contributed by atoms with Gasteiger partial charge in [-0.05, 0) is 24.0 Å². The number of H-pyrrole nitrogens is 1. The first-order chi connectivity index (χ1) is 7.34. The van der Waals surface area contributed by atoms with E-state index in [4.69, 9.17) is 0 Å². The molecule has 0 aliphatic rings. The summed E-state index contributed by atoms with van der Waals surface area (Å²) in [7, 11) is 0. The summed E-state index contributed by atoms with van der Waals surface area (Å²) in [5.74, 6) is 0. The van der Waals surface area contributed by atoms with Crippen LogP contribution in [0.3, 0.4) is 0 Å². The van der Waals surface area contributed by atoms with Gasteiger partial charge in [-0.25, -0.2) is 5.10 Å². The van der Waals surface area contributed by atoms with E-state index >= 15 is 0 Å². The van der Waals surface area contributed by atoms with Gasteiger partial charge in [0.25, 0.3) is 5.56 Å². The van der Waals surface area contributed by atoms with Crippen LogP contribution >= 0.6 is 0 Å². The summed E-state index contributed by atoms with van der Waals surface area (Å²) in [4.78, 5) is 11.0. The topological polar surface area (TPSA) is 45.8 Å². The summed E-state index contributed by atoms with van der Waals surface area (Å²) in [6, 6.07) is 11.8. The maximum absolute atomic E-state index is 11.0. The Morgan fingerprint density at radius 1 is 1.07 bits per heavy atom. The van der Waals surface area contributed by atoms with Crippen LogP contribution in [0.15, 0.2) is 47.4 Å². The Balaban J connectivity index is 2.02. The van der Waals surface area contributed by atoms with Crippen molar-refractivity contribution >= 4 is 0 Å². The van der Waals surface area contributed by atoms with E-state index in [1.54, 1.807) is 12.3 Å². The maximum atomic E-state index is 11.0. The number of aromatic amines is 1. The van der Waals surface area contributed by atoms with Crippen molar-refractivity contribution in [3.8, 4) is 0 Å². The predicted molar refractivity (Wildman–Crippen MR) is 58.7 cm³/mol. The van der Waals surface area contributed by atoms with Crippen LogP contribution < -0.4 is 5.56 Å². The second kappa shape index (κ2) is 4.55. The number of hydrogen-bond acceptors (Lipinski definition) is 2. The van der Waals surface area contributed by atoms with Gasteiger partial charge in [0.05, 0.1) is 6.20 Å². The lowest BCUT2D eigenvalue weighted by molar-refractivity contribution is 0.902. The molecule has 1 aromatic carbocycles. The van der Waals surface area contributed by atoms with Crippen LogP contribution in [0.1, 0.15) is 11.1 Å². The van der Waals surface area contributed by atoms with Crippen molar-refractivity contribution in [1.82, 2.24) is 10.2 Å². The van der Waals surface area contributed by atoms with Crippen LogP contribution in [0.25, 0.3) is 0 Å². The van der Waals surface area contributed by atoms with Gasteiger partial charge in [-0.2, -0.15) is 5.10 Å². The van der Waals surface area contributed by atoms with Crippen LogP contribution in [0.4, 0.5) is 0 Å². The van der Waals surface area contributed by atoms with Crippen LogP contribution in [-0.4, -0.2) is 10.2 Å². The molecule has 1 aromatic heterocycles. The second-order valence-electron chi connectivity index (χ2n) is 3.44. The number of nitrogens with zero attached hydrogens (tertiary/aromatic N) is 1. The summed E-state index contributed by atoms with van der Waals surface area (Å²) in [5, 5.41) is 6.12. The molecule has 2 rings (SSSR count). The van der Waals surface area contributed by atoms with Gasteiger partial charge >= 0.3 is 0 Å². The lowest BCUT2D eigenvalue weighted by Crippen LogP contribution is -2.07.